The molecule has 1 atom stereocenters. The smallest absolute Gasteiger partial charge is 0.269 e. The van der Waals surface area contributed by atoms with Crippen molar-refractivity contribution in [3.05, 3.63) is 28.5 Å². The van der Waals surface area contributed by atoms with Crippen molar-refractivity contribution in [2.45, 2.75) is 18.1 Å². The summed E-state index contributed by atoms with van der Waals surface area (Å²) in [6.07, 6.45) is 2.47. The number of amides is 1. The average molecular weight is 301 g/mol. The molecular formula is C11H13BrN2OS. The second kappa shape index (κ2) is 5.68. The number of carbonyl (C=O) groups excluding carboxylic acids is 1. The van der Waals surface area contributed by atoms with Crippen molar-refractivity contribution in [2.24, 2.45) is 0 Å². The molecule has 1 aliphatic heterocycles. The maximum Gasteiger partial charge on any atom is 0.269 e. The molecular weight excluding hydrogens is 288 g/mol. The molecule has 1 fully saturated rings. The lowest BCUT2D eigenvalue weighted by Crippen LogP contribution is -2.30. The molecule has 0 aliphatic carbocycles. The van der Waals surface area contributed by atoms with Crippen LogP contribution in [0.3, 0.4) is 0 Å². The first kappa shape index (κ1) is 11.9. The Bertz CT molecular complexity index is 380. The highest BCUT2D eigenvalue weighted by Gasteiger charge is 2.16. The van der Waals surface area contributed by atoms with E-state index in [1.165, 1.54) is 18.6 Å². The summed E-state index contributed by atoms with van der Waals surface area (Å²) in [5, 5.41) is 3.50. The minimum absolute atomic E-state index is 0.0891. The van der Waals surface area contributed by atoms with Crippen molar-refractivity contribution >= 4 is 33.6 Å². The van der Waals surface area contributed by atoms with E-state index in [1.807, 2.05) is 23.9 Å². The van der Waals surface area contributed by atoms with Crippen molar-refractivity contribution < 1.29 is 4.79 Å². The number of halogens is 1. The summed E-state index contributed by atoms with van der Waals surface area (Å²) in [7, 11) is 0. The van der Waals surface area contributed by atoms with Gasteiger partial charge in [-0.2, -0.15) is 11.8 Å². The van der Waals surface area contributed by atoms with Crippen LogP contribution in [0.4, 0.5) is 0 Å². The molecule has 1 saturated heterocycles. The fraction of sp³-hybridized carbons (Fsp3) is 0.455. The SMILES string of the molecule is O=C(NCC1CCCS1)c1cccc(Br)n1. The molecule has 0 aromatic carbocycles. The number of carbonyl (C=O) groups is 1. The molecule has 0 radical (unpaired) electrons. The first-order valence-electron chi connectivity index (χ1n) is 5.28. The van der Waals surface area contributed by atoms with E-state index in [4.69, 9.17) is 0 Å². The summed E-state index contributed by atoms with van der Waals surface area (Å²) in [6, 6.07) is 5.35. The Kier molecular flexibility index (Phi) is 4.23. The van der Waals surface area contributed by atoms with Crippen LogP contribution in [0, 0.1) is 0 Å². The lowest BCUT2D eigenvalue weighted by Gasteiger charge is -2.09. The third-order valence-corrected chi connectivity index (χ3v) is 4.30. The maximum atomic E-state index is 11.7. The van der Waals surface area contributed by atoms with Gasteiger partial charge < -0.3 is 5.32 Å². The van der Waals surface area contributed by atoms with Crippen molar-refractivity contribution in [2.75, 3.05) is 12.3 Å². The van der Waals surface area contributed by atoms with Gasteiger partial charge in [0.15, 0.2) is 0 Å². The average Bonchev–Trinajstić information content (AvgIpc) is 2.78. The molecule has 5 heteroatoms. The van der Waals surface area contributed by atoms with Gasteiger partial charge in [0.2, 0.25) is 0 Å². The van der Waals surface area contributed by atoms with Crippen molar-refractivity contribution in [3.8, 4) is 0 Å². The van der Waals surface area contributed by atoms with Gasteiger partial charge in [-0.25, -0.2) is 4.98 Å². The lowest BCUT2D eigenvalue weighted by atomic mass is 10.2. The Labute approximate surface area is 108 Å². The van der Waals surface area contributed by atoms with Gasteiger partial charge in [0.25, 0.3) is 5.91 Å². The predicted octanol–water partition coefficient (Wildman–Crippen LogP) is 2.47. The first-order valence-corrected chi connectivity index (χ1v) is 7.12. The summed E-state index contributed by atoms with van der Waals surface area (Å²) < 4.78 is 0.690. The number of rotatable bonds is 3. The second-order valence-corrected chi connectivity index (χ2v) is 5.91. The molecule has 1 amide bonds. The van der Waals surface area contributed by atoms with Gasteiger partial charge in [-0.15, -0.1) is 0 Å². The first-order chi connectivity index (χ1) is 7.75. The van der Waals surface area contributed by atoms with Crippen molar-refractivity contribution in [3.63, 3.8) is 0 Å². The molecule has 0 saturated carbocycles. The molecule has 0 bridgehead atoms. The summed E-state index contributed by atoms with van der Waals surface area (Å²) in [5.41, 5.74) is 0.470. The van der Waals surface area contributed by atoms with Crippen LogP contribution in [0.25, 0.3) is 0 Å². The number of hydrogen-bond donors (Lipinski definition) is 1. The topological polar surface area (TPSA) is 42.0 Å². The number of pyridine rings is 1. The lowest BCUT2D eigenvalue weighted by molar-refractivity contribution is 0.0948. The van der Waals surface area contributed by atoms with E-state index in [0.717, 1.165) is 6.54 Å². The highest BCUT2D eigenvalue weighted by molar-refractivity contribution is 9.10. The molecule has 1 aromatic heterocycles. The zero-order valence-corrected chi connectivity index (χ0v) is 11.2. The van der Waals surface area contributed by atoms with E-state index in [1.54, 1.807) is 6.07 Å². The Morgan fingerprint density at radius 3 is 3.19 bits per heavy atom. The van der Waals surface area contributed by atoms with Crippen LogP contribution in [-0.4, -0.2) is 28.4 Å². The number of nitrogens with zero attached hydrogens (tertiary/aromatic N) is 1. The molecule has 0 spiro atoms. The number of aromatic nitrogens is 1. The van der Waals surface area contributed by atoms with Crippen molar-refractivity contribution in [1.29, 1.82) is 0 Å². The predicted molar refractivity (Wildman–Crippen MR) is 69.8 cm³/mol. The summed E-state index contributed by atoms with van der Waals surface area (Å²) in [5.74, 6) is 1.13. The monoisotopic (exact) mass is 300 g/mol. The molecule has 1 N–H and O–H groups in total. The second-order valence-electron chi connectivity index (χ2n) is 3.69. The summed E-state index contributed by atoms with van der Waals surface area (Å²) in [4.78, 5) is 15.9. The molecule has 86 valence electrons. The molecule has 1 aliphatic rings. The molecule has 16 heavy (non-hydrogen) atoms. The normalized spacial score (nSPS) is 19.7. The van der Waals surface area contributed by atoms with Crippen LogP contribution in [-0.2, 0) is 0 Å². The summed E-state index contributed by atoms with van der Waals surface area (Å²) in [6.45, 7) is 0.748. The Morgan fingerprint density at radius 1 is 1.62 bits per heavy atom. The largest absolute Gasteiger partial charge is 0.350 e. The van der Waals surface area contributed by atoms with Gasteiger partial charge >= 0.3 is 0 Å². The van der Waals surface area contributed by atoms with E-state index < -0.39 is 0 Å². The zero-order valence-electron chi connectivity index (χ0n) is 8.78. The van der Waals surface area contributed by atoms with Crippen LogP contribution in [0.2, 0.25) is 0 Å². The molecule has 2 rings (SSSR count). The highest BCUT2D eigenvalue weighted by Crippen LogP contribution is 2.25. The standard InChI is InChI=1S/C11H13BrN2OS/c12-10-5-1-4-9(14-10)11(15)13-7-8-3-2-6-16-8/h1,4-5,8H,2-3,6-7H2,(H,13,15). The molecule has 1 aromatic rings. The Hall–Kier alpha value is -0.550. The van der Waals surface area contributed by atoms with Crippen LogP contribution in [0.15, 0.2) is 22.8 Å². The van der Waals surface area contributed by atoms with E-state index in [-0.39, 0.29) is 5.91 Å². The minimum atomic E-state index is -0.0891. The van der Waals surface area contributed by atoms with Crippen LogP contribution < -0.4 is 5.32 Å². The Balaban J connectivity index is 1.87. The maximum absolute atomic E-state index is 11.7. The minimum Gasteiger partial charge on any atom is -0.350 e. The van der Waals surface area contributed by atoms with Crippen LogP contribution >= 0.6 is 27.7 Å². The summed E-state index contributed by atoms with van der Waals surface area (Å²) >= 11 is 5.19. The van der Waals surface area contributed by atoms with E-state index in [2.05, 4.69) is 26.2 Å². The zero-order chi connectivity index (χ0) is 11.4. The fourth-order valence-corrected chi connectivity index (χ4v) is 3.18. The van der Waals surface area contributed by atoms with Crippen LogP contribution in [0.5, 0.6) is 0 Å². The van der Waals surface area contributed by atoms with Gasteiger partial charge in [-0.1, -0.05) is 6.07 Å². The number of thioether (sulfide) groups is 1. The fourth-order valence-electron chi connectivity index (χ4n) is 1.64. The molecule has 1 unspecified atom stereocenters. The number of nitrogens with one attached hydrogen (secondary N) is 1. The highest BCUT2D eigenvalue weighted by atomic mass is 79.9. The third-order valence-electron chi connectivity index (χ3n) is 2.46. The molecule has 3 nitrogen and oxygen atoms in total. The molecule has 2 heterocycles. The number of hydrogen-bond acceptors (Lipinski definition) is 3. The van der Waals surface area contributed by atoms with Gasteiger partial charge in [-0.3, -0.25) is 4.79 Å². The Morgan fingerprint density at radius 2 is 2.50 bits per heavy atom. The van der Waals surface area contributed by atoms with Gasteiger partial charge in [-0.05, 0) is 46.7 Å². The van der Waals surface area contributed by atoms with E-state index in [9.17, 15) is 4.79 Å². The quantitative estimate of drug-likeness (QED) is 0.872. The van der Waals surface area contributed by atoms with E-state index in [0.29, 0.717) is 15.5 Å². The van der Waals surface area contributed by atoms with Crippen molar-refractivity contribution in [1.82, 2.24) is 10.3 Å². The van der Waals surface area contributed by atoms with Gasteiger partial charge in [0.1, 0.15) is 10.3 Å². The van der Waals surface area contributed by atoms with Gasteiger partial charge in [0.05, 0.1) is 0 Å². The van der Waals surface area contributed by atoms with E-state index >= 15 is 0 Å². The van der Waals surface area contributed by atoms with Crippen LogP contribution in [0.1, 0.15) is 23.3 Å². The van der Waals surface area contributed by atoms with Gasteiger partial charge in [0, 0.05) is 11.8 Å². The third kappa shape index (κ3) is 3.22.